The zero-order valence-corrected chi connectivity index (χ0v) is 8.28. The summed E-state index contributed by atoms with van der Waals surface area (Å²) in [6, 6.07) is 1.50. The van der Waals surface area contributed by atoms with Crippen molar-refractivity contribution in [2.75, 3.05) is 0 Å². The van der Waals surface area contributed by atoms with Gasteiger partial charge in [0.1, 0.15) is 4.90 Å². The molecule has 0 aliphatic rings. The predicted molar refractivity (Wildman–Crippen MR) is 46.7 cm³/mol. The maximum atomic E-state index is 10.9. The van der Waals surface area contributed by atoms with E-state index in [9.17, 15) is 8.42 Å². The van der Waals surface area contributed by atoms with Crippen LogP contribution in [0.15, 0.2) is 17.2 Å². The Kier molecular flexibility index (Phi) is 2.39. The highest BCUT2D eigenvalue weighted by molar-refractivity contribution is 8.13. The number of pyridine rings is 1. The van der Waals surface area contributed by atoms with Gasteiger partial charge in [-0.05, 0) is 25.5 Å². The Labute approximate surface area is 75.8 Å². The lowest BCUT2D eigenvalue weighted by Crippen LogP contribution is -1.97. The van der Waals surface area contributed by atoms with E-state index in [0.29, 0.717) is 5.69 Å². The zero-order chi connectivity index (χ0) is 9.35. The summed E-state index contributed by atoms with van der Waals surface area (Å²) >= 11 is 0. The van der Waals surface area contributed by atoms with Crippen molar-refractivity contribution in [3.63, 3.8) is 0 Å². The molecule has 0 aliphatic carbocycles. The Balaban J connectivity index is 3.43. The minimum absolute atomic E-state index is 0.0872. The van der Waals surface area contributed by atoms with Crippen molar-refractivity contribution in [1.29, 1.82) is 0 Å². The molecule has 0 fully saturated rings. The largest absolute Gasteiger partial charge is 0.263 e. The van der Waals surface area contributed by atoms with Crippen LogP contribution in [0.2, 0.25) is 0 Å². The van der Waals surface area contributed by atoms with Crippen LogP contribution in [0, 0.1) is 13.8 Å². The van der Waals surface area contributed by atoms with Crippen LogP contribution in [0.4, 0.5) is 0 Å². The van der Waals surface area contributed by atoms with E-state index in [-0.39, 0.29) is 4.90 Å². The number of nitrogens with zero attached hydrogens (tertiary/aromatic N) is 1. The number of aryl methyl sites for hydroxylation is 2. The topological polar surface area (TPSA) is 47.0 Å². The monoisotopic (exact) mass is 205 g/mol. The van der Waals surface area contributed by atoms with Crippen molar-refractivity contribution >= 4 is 19.7 Å². The standard InChI is InChI=1S/C7H8ClNO2S/c1-5-3-7(12(8,10)11)6(2)9-4-5/h3-4H,1-2H3. The first kappa shape index (κ1) is 9.48. The minimum Gasteiger partial charge on any atom is -0.260 e. The fourth-order valence-corrected chi connectivity index (χ4v) is 2.06. The van der Waals surface area contributed by atoms with Crippen LogP contribution in [0.25, 0.3) is 0 Å². The third kappa shape index (κ3) is 1.95. The third-order valence-corrected chi connectivity index (χ3v) is 2.88. The molecule has 1 aromatic rings. The second kappa shape index (κ2) is 3.03. The molecular weight excluding hydrogens is 198 g/mol. The fraction of sp³-hybridized carbons (Fsp3) is 0.286. The van der Waals surface area contributed by atoms with E-state index in [1.807, 2.05) is 0 Å². The molecule has 0 spiro atoms. The first-order valence-electron chi connectivity index (χ1n) is 3.29. The van der Waals surface area contributed by atoms with Gasteiger partial charge in [-0.15, -0.1) is 0 Å². The summed E-state index contributed by atoms with van der Waals surface area (Å²) in [7, 11) is 1.52. The molecule has 3 nitrogen and oxygen atoms in total. The van der Waals surface area contributed by atoms with Crippen LogP contribution in [-0.2, 0) is 9.05 Å². The number of halogens is 1. The molecule has 0 unspecified atom stereocenters. The molecular formula is C7H8ClNO2S. The van der Waals surface area contributed by atoms with Gasteiger partial charge in [-0.1, -0.05) is 0 Å². The maximum absolute atomic E-state index is 10.9. The van der Waals surface area contributed by atoms with E-state index in [4.69, 9.17) is 10.7 Å². The lowest BCUT2D eigenvalue weighted by molar-refractivity contribution is 0.608. The van der Waals surface area contributed by atoms with Crippen molar-refractivity contribution < 1.29 is 8.42 Å². The number of aromatic nitrogens is 1. The van der Waals surface area contributed by atoms with E-state index in [2.05, 4.69) is 4.98 Å². The minimum atomic E-state index is -3.65. The molecule has 0 bridgehead atoms. The molecule has 0 saturated carbocycles. The van der Waals surface area contributed by atoms with Crippen LogP contribution < -0.4 is 0 Å². The van der Waals surface area contributed by atoms with E-state index in [0.717, 1.165) is 5.56 Å². The Morgan fingerprint density at radius 1 is 1.42 bits per heavy atom. The van der Waals surface area contributed by atoms with Gasteiger partial charge in [0.2, 0.25) is 0 Å². The quantitative estimate of drug-likeness (QED) is 0.655. The molecule has 0 aliphatic heterocycles. The Morgan fingerprint density at radius 3 is 2.42 bits per heavy atom. The molecule has 0 atom stereocenters. The molecule has 12 heavy (non-hydrogen) atoms. The summed E-state index contributed by atoms with van der Waals surface area (Å²) < 4.78 is 21.9. The van der Waals surface area contributed by atoms with E-state index in [1.165, 1.54) is 6.07 Å². The van der Waals surface area contributed by atoms with Gasteiger partial charge in [0.15, 0.2) is 0 Å². The van der Waals surface area contributed by atoms with Crippen molar-refractivity contribution in [3.8, 4) is 0 Å². The molecule has 0 N–H and O–H groups in total. The van der Waals surface area contributed by atoms with Gasteiger partial charge < -0.3 is 0 Å². The summed E-state index contributed by atoms with van der Waals surface area (Å²) in [4.78, 5) is 3.97. The fourth-order valence-electron chi connectivity index (χ4n) is 0.858. The summed E-state index contributed by atoms with van der Waals surface area (Å²) in [5.74, 6) is 0. The van der Waals surface area contributed by atoms with E-state index in [1.54, 1.807) is 20.0 Å². The summed E-state index contributed by atoms with van der Waals surface area (Å²) in [5.41, 5.74) is 1.20. The highest BCUT2D eigenvalue weighted by atomic mass is 35.7. The molecule has 66 valence electrons. The van der Waals surface area contributed by atoms with Gasteiger partial charge in [0.05, 0.1) is 5.69 Å². The van der Waals surface area contributed by atoms with Crippen molar-refractivity contribution in [2.24, 2.45) is 0 Å². The highest BCUT2D eigenvalue weighted by Crippen LogP contribution is 2.18. The van der Waals surface area contributed by atoms with Gasteiger partial charge in [-0.25, -0.2) is 8.42 Å². The van der Waals surface area contributed by atoms with Crippen molar-refractivity contribution in [2.45, 2.75) is 18.7 Å². The van der Waals surface area contributed by atoms with Gasteiger partial charge in [-0.2, -0.15) is 0 Å². The van der Waals surface area contributed by atoms with Gasteiger partial charge in [0, 0.05) is 16.9 Å². The molecule has 5 heteroatoms. The van der Waals surface area contributed by atoms with E-state index < -0.39 is 9.05 Å². The summed E-state index contributed by atoms with van der Waals surface area (Å²) in [6.45, 7) is 3.37. The van der Waals surface area contributed by atoms with Crippen LogP contribution in [0.1, 0.15) is 11.3 Å². The molecule has 0 aromatic carbocycles. The lowest BCUT2D eigenvalue weighted by Gasteiger charge is -2.00. The molecule has 0 radical (unpaired) electrons. The van der Waals surface area contributed by atoms with Gasteiger partial charge >= 0.3 is 0 Å². The molecule has 1 aromatic heterocycles. The number of hydrogen-bond donors (Lipinski definition) is 0. The highest BCUT2D eigenvalue weighted by Gasteiger charge is 2.13. The first-order chi connectivity index (χ1) is 5.41. The molecule has 1 rings (SSSR count). The Bertz CT molecular complexity index is 400. The smallest absolute Gasteiger partial charge is 0.260 e. The van der Waals surface area contributed by atoms with Crippen LogP contribution >= 0.6 is 10.7 Å². The number of rotatable bonds is 1. The Hall–Kier alpha value is -0.610. The summed E-state index contributed by atoms with van der Waals surface area (Å²) in [5, 5.41) is 0. The van der Waals surface area contributed by atoms with Crippen molar-refractivity contribution in [3.05, 3.63) is 23.5 Å². The third-order valence-electron chi connectivity index (χ3n) is 1.44. The summed E-state index contributed by atoms with van der Waals surface area (Å²) in [6.07, 6.45) is 1.60. The van der Waals surface area contributed by atoms with Gasteiger partial charge in [-0.3, -0.25) is 4.98 Å². The predicted octanol–water partition coefficient (Wildman–Crippen LogP) is 1.63. The van der Waals surface area contributed by atoms with Crippen molar-refractivity contribution in [1.82, 2.24) is 4.98 Å². The SMILES string of the molecule is Cc1cnc(C)c(S(=O)(=O)Cl)c1. The Morgan fingerprint density at radius 2 is 2.00 bits per heavy atom. The van der Waals surface area contributed by atoms with Crippen LogP contribution in [0.5, 0.6) is 0 Å². The van der Waals surface area contributed by atoms with Crippen LogP contribution in [0.3, 0.4) is 0 Å². The average Bonchev–Trinajstić information content (AvgIpc) is 1.92. The van der Waals surface area contributed by atoms with E-state index >= 15 is 0 Å². The normalized spacial score (nSPS) is 11.6. The molecule has 0 amide bonds. The first-order valence-corrected chi connectivity index (χ1v) is 5.60. The van der Waals surface area contributed by atoms with Gasteiger partial charge in [0.25, 0.3) is 9.05 Å². The zero-order valence-electron chi connectivity index (χ0n) is 6.70. The average molecular weight is 206 g/mol. The van der Waals surface area contributed by atoms with Crippen LogP contribution in [-0.4, -0.2) is 13.4 Å². The lowest BCUT2D eigenvalue weighted by atomic mass is 10.3. The maximum Gasteiger partial charge on any atom is 0.263 e. The molecule has 0 saturated heterocycles. The number of hydrogen-bond acceptors (Lipinski definition) is 3. The second-order valence-corrected chi connectivity index (χ2v) is 5.07. The second-order valence-electron chi connectivity index (χ2n) is 2.53. The molecule has 1 heterocycles.